The SMILES string of the molecule is CC(C)[C@@H]1C(=O)C(C(N)=O)=C(O)[C@@]2(O)C(=O)C3=C(O)c4c(O)ccc(C(=O)Cc5ccccn5)c4C[C@H]3C[C@@H]12. The van der Waals surface area contributed by atoms with E-state index in [1.807, 2.05) is 0 Å². The average molecular weight is 533 g/mol. The molecule has 1 amide bonds. The van der Waals surface area contributed by atoms with Crippen LogP contribution in [0.3, 0.4) is 0 Å². The van der Waals surface area contributed by atoms with Gasteiger partial charge in [0.05, 0.1) is 12.0 Å². The molecule has 1 saturated carbocycles. The zero-order chi connectivity index (χ0) is 28.4. The van der Waals surface area contributed by atoms with Crippen molar-refractivity contribution in [3.05, 3.63) is 75.8 Å². The van der Waals surface area contributed by atoms with Crippen molar-refractivity contribution in [2.24, 2.45) is 29.4 Å². The first-order valence-corrected chi connectivity index (χ1v) is 12.7. The lowest BCUT2D eigenvalue weighted by atomic mass is 9.54. The van der Waals surface area contributed by atoms with Gasteiger partial charge in [0.1, 0.15) is 22.8 Å². The Balaban J connectivity index is 1.66. The van der Waals surface area contributed by atoms with E-state index in [0.717, 1.165) is 0 Å². The quantitative estimate of drug-likeness (QED) is 0.284. The lowest BCUT2D eigenvalue weighted by Gasteiger charge is -2.50. The number of amides is 1. The molecule has 10 nitrogen and oxygen atoms in total. The first-order valence-electron chi connectivity index (χ1n) is 12.7. The summed E-state index contributed by atoms with van der Waals surface area (Å²) in [7, 11) is 0. The number of benzene rings is 1. The maximum Gasteiger partial charge on any atom is 0.255 e. The molecule has 1 heterocycles. The van der Waals surface area contributed by atoms with Crippen LogP contribution in [0, 0.1) is 23.7 Å². The van der Waals surface area contributed by atoms with Crippen LogP contribution in [0.25, 0.3) is 5.76 Å². The number of aromatic nitrogens is 1. The van der Waals surface area contributed by atoms with Crippen LogP contribution < -0.4 is 5.73 Å². The molecule has 2 aromatic rings. The number of pyridine rings is 1. The van der Waals surface area contributed by atoms with Gasteiger partial charge < -0.3 is 26.2 Å². The molecule has 0 radical (unpaired) electrons. The number of primary amides is 1. The molecule has 4 atom stereocenters. The van der Waals surface area contributed by atoms with Crippen molar-refractivity contribution in [2.45, 2.75) is 38.7 Å². The predicted molar refractivity (Wildman–Crippen MR) is 137 cm³/mol. The number of rotatable bonds is 5. The van der Waals surface area contributed by atoms with E-state index >= 15 is 0 Å². The number of phenolic OH excluding ortho intramolecular Hbond substituents is 1. The van der Waals surface area contributed by atoms with Crippen molar-refractivity contribution in [2.75, 3.05) is 0 Å². The van der Waals surface area contributed by atoms with Gasteiger partial charge in [-0.2, -0.15) is 0 Å². The highest BCUT2D eigenvalue weighted by atomic mass is 16.3. The Kier molecular flexibility index (Phi) is 6.18. The number of ketones is 3. The highest BCUT2D eigenvalue weighted by molar-refractivity contribution is 6.23. The van der Waals surface area contributed by atoms with E-state index in [1.165, 1.54) is 12.1 Å². The largest absolute Gasteiger partial charge is 0.508 e. The van der Waals surface area contributed by atoms with Crippen LogP contribution in [0.1, 0.15) is 47.4 Å². The van der Waals surface area contributed by atoms with Gasteiger partial charge in [-0.3, -0.25) is 24.2 Å². The number of aliphatic hydroxyl groups is 3. The Labute approximate surface area is 223 Å². The number of hydrogen-bond donors (Lipinski definition) is 5. The summed E-state index contributed by atoms with van der Waals surface area (Å²) in [6, 6.07) is 7.87. The predicted octanol–water partition coefficient (Wildman–Crippen LogP) is 2.13. The summed E-state index contributed by atoms with van der Waals surface area (Å²) in [5, 5.41) is 44.5. The summed E-state index contributed by atoms with van der Waals surface area (Å²) < 4.78 is 0. The Morgan fingerprint density at radius 3 is 2.46 bits per heavy atom. The molecule has 6 N–H and O–H groups in total. The van der Waals surface area contributed by atoms with Crippen molar-refractivity contribution < 1.29 is 39.6 Å². The summed E-state index contributed by atoms with van der Waals surface area (Å²) in [6.07, 6.45) is 1.57. The maximum atomic E-state index is 13.9. The molecule has 5 rings (SSSR count). The molecule has 1 fully saturated rings. The van der Waals surface area contributed by atoms with Crippen LogP contribution in [0.15, 0.2) is 53.4 Å². The average Bonchev–Trinajstić information content (AvgIpc) is 2.86. The fraction of sp³-hybridized carbons (Fsp3) is 0.345. The van der Waals surface area contributed by atoms with Crippen LogP contribution in [0.4, 0.5) is 0 Å². The van der Waals surface area contributed by atoms with Crippen LogP contribution in [0.5, 0.6) is 5.75 Å². The van der Waals surface area contributed by atoms with Gasteiger partial charge in [-0.15, -0.1) is 0 Å². The first kappa shape index (κ1) is 26.3. The minimum atomic E-state index is -2.67. The number of aromatic hydroxyl groups is 1. The van der Waals surface area contributed by atoms with Gasteiger partial charge in [0.2, 0.25) is 5.78 Å². The van der Waals surface area contributed by atoms with Gasteiger partial charge >= 0.3 is 0 Å². The van der Waals surface area contributed by atoms with Crippen molar-refractivity contribution in [1.82, 2.24) is 4.98 Å². The van der Waals surface area contributed by atoms with E-state index in [0.29, 0.717) is 11.3 Å². The van der Waals surface area contributed by atoms with Gasteiger partial charge in [-0.05, 0) is 54.5 Å². The number of nitrogens with zero attached hydrogens (tertiary/aromatic N) is 1. The van der Waals surface area contributed by atoms with Crippen molar-refractivity contribution in [3.8, 4) is 5.75 Å². The van der Waals surface area contributed by atoms with E-state index in [9.17, 15) is 39.6 Å². The van der Waals surface area contributed by atoms with Gasteiger partial charge in [0.15, 0.2) is 17.2 Å². The molecule has 10 heteroatoms. The van der Waals surface area contributed by atoms with E-state index in [2.05, 4.69) is 4.98 Å². The molecule has 0 spiro atoms. The molecule has 0 saturated heterocycles. The molecule has 1 aromatic carbocycles. The Morgan fingerprint density at radius 2 is 1.85 bits per heavy atom. The van der Waals surface area contributed by atoms with E-state index in [-0.39, 0.29) is 47.5 Å². The molecule has 1 aromatic heterocycles. The highest BCUT2D eigenvalue weighted by Crippen LogP contribution is 2.54. The van der Waals surface area contributed by atoms with Gasteiger partial charge in [0, 0.05) is 34.9 Å². The fourth-order valence-electron chi connectivity index (χ4n) is 6.51. The lowest BCUT2D eigenvalue weighted by molar-refractivity contribution is -0.155. The van der Waals surface area contributed by atoms with E-state index in [1.54, 1.807) is 38.2 Å². The number of carbonyl (C=O) groups is 4. The molecular weight excluding hydrogens is 504 g/mol. The molecule has 3 aliphatic rings. The van der Waals surface area contributed by atoms with Crippen LogP contribution in [-0.2, 0) is 27.2 Å². The number of fused-ring (bicyclic) bond motifs is 3. The zero-order valence-electron chi connectivity index (χ0n) is 21.3. The van der Waals surface area contributed by atoms with E-state index in [4.69, 9.17) is 5.73 Å². The summed E-state index contributed by atoms with van der Waals surface area (Å²) >= 11 is 0. The number of phenols is 1. The second kappa shape index (κ2) is 9.16. The molecule has 0 unspecified atom stereocenters. The standard InChI is InChI=1S/C29H28N2O8/c1-12(2)20-17-10-13-9-16-15(19(33)11-14-5-3-4-8-31-14)6-7-18(32)22(16)25(35)21(13)26(36)29(17,39)27(37)23(24(20)34)28(30)38/h3-8,12-13,17,20,32,35,37,39H,9-11H2,1-2H3,(H2,30,38)/t13-,17-,20-,29-/m0/s1. The summed E-state index contributed by atoms with van der Waals surface area (Å²) in [5.74, 6) is -8.85. The lowest BCUT2D eigenvalue weighted by Crippen LogP contribution is -2.62. The second-order valence-corrected chi connectivity index (χ2v) is 10.7. The molecule has 202 valence electrons. The van der Waals surface area contributed by atoms with Gasteiger partial charge in [-0.1, -0.05) is 19.9 Å². The highest BCUT2D eigenvalue weighted by Gasteiger charge is 2.64. The van der Waals surface area contributed by atoms with Crippen molar-refractivity contribution in [1.29, 1.82) is 0 Å². The van der Waals surface area contributed by atoms with Crippen LogP contribution in [-0.4, -0.2) is 54.3 Å². The normalized spacial score (nSPS) is 26.3. The Bertz CT molecular complexity index is 1510. The molecule has 0 bridgehead atoms. The minimum Gasteiger partial charge on any atom is -0.508 e. The molecule has 0 aliphatic heterocycles. The third-order valence-corrected chi connectivity index (χ3v) is 8.22. The third kappa shape index (κ3) is 3.77. The topological polar surface area (TPSA) is 188 Å². The van der Waals surface area contributed by atoms with Crippen LogP contribution >= 0.6 is 0 Å². The van der Waals surface area contributed by atoms with Gasteiger partial charge in [-0.25, -0.2) is 0 Å². The van der Waals surface area contributed by atoms with Gasteiger partial charge in [0.25, 0.3) is 5.91 Å². The zero-order valence-corrected chi connectivity index (χ0v) is 21.3. The molecule has 3 aliphatic carbocycles. The Hall–Kier alpha value is -4.31. The monoisotopic (exact) mass is 532 g/mol. The maximum absolute atomic E-state index is 13.9. The number of nitrogens with two attached hydrogens (primary N) is 1. The van der Waals surface area contributed by atoms with E-state index < -0.39 is 63.8 Å². The minimum absolute atomic E-state index is 0.0186. The number of hydrogen-bond acceptors (Lipinski definition) is 9. The van der Waals surface area contributed by atoms with Crippen molar-refractivity contribution in [3.63, 3.8) is 0 Å². The number of Topliss-reactive ketones (excluding diaryl/α,β-unsaturated/α-hetero) is 3. The smallest absolute Gasteiger partial charge is 0.255 e. The Morgan fingerprint density at radius 1 is 1.13 bits per heavy atom. The summed E-state index contributed by atoms with van der Waals surface area (Å²) in [6.45, 7) is 3.39. The first-order chi connectivity index (χ1) is 18.4. The number of carbonyl (C=O) groups excluding carboxylic acids is 4. The van der Waals surface area contributed by atoms with Crippen molar-refractivity contribution >= 4 is 29.0 Å². The number of aliphatic hydroxyl groups excluding tert-OH is 2. The summed E-state index contributed by atoms with van der Waals surface area (Å²) in [4.78, 5) is 56.6. The molecule has 39 heavy (non-hydrogen) atoms. The third-order valence-electron chi connectivity index (χ3n) is 8.22. The second-order valence-electron chi connectivity index (χ2n) is 10.7. The fourth-order valence-corrected chi connectivity index (χ4v) is 6.51. The van der Waals surface area contributed by atoms with Crippen LogP contribution in [0.2, 0.25) is 0 Å². The molecular formula is C29H28N2O8. The summed E-state index contributed by atoms with van der Waals surface area (Å²) in [5.41, 5.74) is 2.58.